The van der Waals surface area contributed by atoms with Crippen molar-refractivity contribution in [2.45, 2.75) is 165 Å². The molecule has 0 aliphatic rings. The van der Waals surface area contributed by atoms with Crippen molar-refractivity contribution in [2.24, 2.45) is 5.73 Å². The zero-order valence-corrected chi connectivity index (χ0v) is 26.3. The summed E-state index contributed by atoms with van der Waals surface area (Å²) in [5.74, 6) is 0. The van der Waals surface area contributed by atoms with E-state index >= 15 is 0 Å². The zero-order chi connectivity index (χ0) is 23.3. The summed E-state index contributed by atoms with van der Waals surface area (Å²) in [5, 5.41) is 3.36. The Morgan fingerprint density at radius 2 is 0.710 bits per heavy atom. The molecular weight excluding hydrogens is 468 g/mol. The van der Waals surface area contributed by atoms with Crippen LogP contribution in [-0.2, 0) is 17.1 Å². The van der Waals surface area contributed by atoms with Crippen LogP contribution in [0.1, 0.15) is 155 Å². The Kier molecular flexibility index (Phi) is 36.3. The van der Waals surface area contributed by atoms with Gasteiger partial charge in [-0.15, -0.1) is 12.6 Å². The summed E-state index contributed by atoms with van der Waals surface area (Å²) in [7, 11) is 0. The molecule has 0 radical (unpaired) electrons. The molecule has 0 rings (SSSR count). The first-order valence-corrected chi connectivity index (χ1v) is 19.2. The SMILES string of the molecule is CCCCCCCCCCCC[CH2][Zn][CH2]CCCCCCCCCCCC.NC(=S)S. The summed E-state index contributed by atoms with van der Waals surface area (Å²) >= 11 is 7.54. The molecule has 0 spiro atoms. The van der Waals surface area contributed by atoms with Gasteiger partial charge in [0.25, 0.3) is 0 Å². The van der Waals surface area contributed by atoms with Crippen LogP contribution in [0.4, 0.5) is 0 Å². The monoisotopic (exact) mass is 523 g/mol. The maximum absolute atomic E-state index is 4.71. The Bertz CT molecular complexity index is 298. The Morgan fingerprint density at radius 3 is 0.935 bits per heavy atom. The third-order valence-electron chi connectivity index (χ3n) is 6.21. The smallest absolute Gasteiger partial charge is 0.385 e. The summed E-state index contributed by atoms with van der Waals surface area (Å²) in [6.45, 7) is 4.61. The van der Waals surface area contributed by atoms with Crippen LogP contribution >= 0.6 is 24.8 Å². The fourth-order valence-electron chi connectivity index (χ4n) is 4.21. The standard InChI is InChI=1S/2C13H27.CH3NS2.Zn/c2*1-3-5-7-9-11-13-12-10-8-6-4-2;2-1(3)4;/h2*1,3-13H2,2H3;(H3,2,3,4);. The Labute approximate surface area is 216 Å². The first kappa shape index (κ1) is 34.0. The molecule has 0 aromatic carbocycles. The number of hydrogen-bond acceptors (Lipinski definition) is 1. The van der Waals surface area contributed by atoms with E-state index in [1.165, 1.54) is 116 Å². The third-order valence-corrected chi connectivity index (χ3v) is 10.4. The zero-order valence-electron chi connectivity index (χ0n) is 21.6. The Hall–Kier alpha value is 0.863. The van der Waals surface area contributed by atoms with Crippen LogP contribution in [0.15, 0.2) is 0 Å². The van der Waals surface area contributed by atoms with Crippen LogP contribution in [0, 0.1) is 0 Å². The van der Waals surface area contributed by atoms with Crippen molar-refractivity contribution < 1.29 is 17.1 Å². The van der Waals surface area contributed by atoms with E-state index in [0.29, 0.717) is 0 Å². The second-order valence-corrected chi connectivity index (χ2v) is 15.1. The van der Waals surface area contributed by atoms with E-state index in [0.717, 1.165) is 0 Å². The number of hydrogen-bond donors (Lipinski definition) is 2. The van der Waals surface area contributed by atoms with Crippen LogP contribution in [0.3, 0.4) is 0 Å². The van der Waals surface area contributed by atoms with Crippen molar-refractivity contribution in [3.05, 3.63) is 0 Å². The molecule has 4 heteroatoms. The topological polar surface area (TPSA) is 26.0 Å². The predicted molar refractivity (Wildman–Crippen MR) is 148 cm³/mol. The van der Waals surface area contributed by atoms with E-state index < -0.39 is 0 Å². The van der Waals surface area contributed by atoms with Gasteiger partial charge in [0.15, 0.2) is 0 Å². The average molecular weight is 525 g/mol. The molecule has 0 aromatic heterocycles. The minimum atomic E-state index is -0.119. The van der Waals surface area contributed by atoms with Gasteiger partial charge >= 0.3 is 168 Å². The molecule has 0 atom stereocenters. The Morgan fingerprint density at radius 1 is 0.516 bits per heavy atom. The van der Waals surface area contributed by atoms with Crippen molar-refractivity contribution in [3.8, 4) is 0 Å². The molecule has 0 amide bonds. The van der Waals surface area contributed by atoms with Gasteiger partial charge in [0, 0.05) is 0 Å². The van der Waals surface area contributed by atoms with Crippen LogP contribution in [0.5, 0.6) is 0 Å². The van der Waals surface area contributed by atoms with E-state index in [1.54, 1.807) is 35.7 Å². The first-order valence-electron chi connectivity index (χ1n) is 14.1. The number of thiocarbonyl (C=S) groups is 1. The molecule has 0 aliphatic carbocycles. The molecule has 2 N–H and O–H groups in total. The minimum Gasteiger partial charge on any atom is -0.385 e. The van der Waals surface area contributed by atoms with Gasteiger partial charge in [-0.1, -0.05) is 26.1 Å². The fourth-order valence-corrected chi connectivity index (χ4v) is 7.92. The summed E-state index contributed by atoms with van der Waals surface area (Å²) in [4.78, 5) is 0. The van der Waals surface area contributed by atoms with Crippen LogP contribution in [-0.4, -0.2) is 4.32 Å². The van der Waals surface area contributed by atoms with Crippen molar-refractivity contribution in [2.75, 3.05) is 0 Å². The molecule has 0 bridgehead atoms. The summed E-state index contributed by atoms with van der Waals surface area (Å²) in [6, 6.07) is 0. The number of unbranched alkanes of at least 4 members (excludes halogenated alkanes) is 20. The van der Waals surface area contributed by atoms with Crippen molar-refractivity contribution in [3.63, 3.8) is 0 Å². The van der Waals surface area contributed by atoms with Gasteiger partial charge in [0.2, 0.25) is 0 Å². The van der Waals surface area contributed by atoms with Crippen LogP contribution < -0.4 is 5.73 Å². The van der Waals surface area contributed by atoms with Gasteiger partial charge in [-0.25, -0.2) is 0 Å². The van der Waals surface area contributed by atoms with Crippen molar-refractivity contribution in [1.29, 1.82) is 0 Å². The number of nitrogens with two attached hydrogens (primary N) is 1. The molecule has 0 fully saturated rings. The van der Waals surface area contributed by atoms with Crippen molar-refractivity contribution in [1.82, 2.24) is 0 Å². The van der Waals surface area contributed by atoms with Gasteiger partial charge in [-0.2, -0.15) is 0 Å². The number of rotatable bonds is 24. The second-order valence-electron chi connectivity index (χ2n) is 9.47. The molecule has 184 valence electrons. The van der Waals surface area contributed by atoms with Crippen LogP contribution in [0.2, 0.25) is 10.0 Å². The van der Waals surface area contributed by atoms with Gasteiger partial charge in [-0.05, 0) is 0 Å². The van der Waals surface area contributed by atoms with E-state index in [-0.39, 0.29) is 21.4 Å². The van der Waals surface area contributed by atoms with Gasteiger partial charge < -0.3 is 5.73 Å². The van der Waals surface area contributed by atoms with E-state index in [9.17, 15) is 0 Å². The van der Waals surface area contributed by atoms with Gasteiger partial charge in [-0.3, -0.25) is 0 Å². The quantitative estimate of drug-likeness (QED) is 0.0568. The van der Waals surface area contributed by atoms with E-state index in [4.69, 9.17) is 5.73 Å². The Balaban J connectivity index is 0. The average Bonchev–Trinajstić information content (AvgIpc) is 2.74. The predicted octanol–water partition coefficient (Wildman–Crippen LogP) is 10.7. The first-order chi connectivity index (χ1) is 15.1. The third kappa shape index (κ3) is 41.6. The normalized spacial score (nSPS) is 10.4. The molecule has 0 saturated carbocycles. The molecule has 0 heterocycles. The molecule has 1 nitrogen and oxygen atoms in total. The van der Waals surface area contributed by atoms with Crippen LogP contribution in [0.25, 0.3) is 0 Å². The van der Waals surface area contributed by atoms with Gasteiger partial charge in [0.1, 0.15) is 4.32 Å². The summed E-state index contributed by atoms with van der Waals surface area (Å²) < 4.78 is 0.194. The molecule has 0 saturated heterocycles. The fraction of sp³-hybridized carbons (Fsp3) is 0.963. The molecule has 0 aromatic rings. The van der Waals surface area contributed by atoms with Crippen molar-refractivity contribution >= 4 is 29.2 Å². The van der Waals surface area contributed by atoms with E-state index in [1.807, 2.05) is 0 Å². The summed E-state index contributed by atoms with van der Waals surface area (Å²) in [5.41, 5.74) is 4.71. The molecule has 0 aliphatic heterocycles. The maximum atomic E-state index is 4.71. The molecule has 31 heavy (non-hydrogen) atoms. The molecular formula is C27H57NS2Zn. The summed E-state index contributed by atoms with van der Waals surface area (Å²) in [6.07, 6.45) is 32.9. The number of thiol groups is 1. The second kappa shape index (κ2) is 33.0. The minimum absolute atomic E-state index is 0.119. The molecule has 0 unspecified atom stereocenters. The van der Waals surface area contributed by atoms with Gasteiger partial charge in [0.05, 0.1) is 0 Å². The van der Waals surface area contributed by atoms with E-state index in [2.05, 4.69) is 38.7 Å².